The lowest BCUT2D eigenvalue weighted by Gasteiger charge is -2.34. The Labute approximate surface area is 124 Å². The van der Waals surface area contributed by atoms with Gasteiger partial charge in [0, 0.05) is 6.54 Å². The topological polar surface area (TPSA) is 92.4 Å². The molecule has 118 valence electrons. The largest absolute Gasteiger partial charge is 0.398 e. The van der Waals surface area contributed by atoms with Gasteiger partial charge in [0.1, 0.15) is 10.7 Å². The van der Waals surface area contributed by atoms with Crippen LogP contribution in [0.2, 0.25) is 0 Å². The summed E-state index contributed by atoms with van der Waals surface area (Å²) in [5.41, 5.74) is 4.38. The molecule has 0 atom stereocenters. The molecule has 21 heavy (non-hydrogen) atoms. The van der Waals surface area contributed by atoms with Crippen LogP contribution >= 0.6 is 0 Å². The molecule has 1 aliphatic carbocycles. The Morgan fingerprint density at radius 3 is 2.62 bits per heavy atom. The zero-order chi connectivity index (χ0) is 15.7. The van der Waals surface area contributed by atoms with Crippen molar-refractivity contribution < 1.29 is 17.9 Å². The summed E-state index contributed by atoms with van der Waals surface area (Å²) in [5, 5.41) is 10.4. The second-order valence-corrected chi connectivity index (χ2v) is 7.65. The van der Waals surface area contributed by atoms with E-state index in [4.69, 9.17) is 5.73 Å². The highest BCUT2D eigenvalue weighted by Gasteiger charge is 2.33. The predicted octanol–water partition coefficient (Wildman–Crippen LogP) is 1.63. The van der Waals surface area contributed by atoms with Gasteiger partial charge in [0.25, 0.3) is 0 Å². The Bertz CT molecular complexity index is 611. The third-order valence-corrected chi connectivity index (χ3v) is 5.53. The zero-order valence-electron chi connectivity index (χ0n) is 12.0. The fourth-order valence-corrected chi connectivity index (χ4v) is 3.78. The van der Waals surface area contributed by atoms with Crippen molar-refractivity contribution in [1.29, 1.82) is 0 Å². The molecule has 1 aromatic carbocycles. The van der Waals surface area contributed by atoms with Gasteiger partial charge >= 0.3 is 0 Å². The normalized spacial score (nSPS) is 26.7. The summed E-state index contributed by atoms with van der Waals surface area (Å²) in [7, 11) is -3.86. The SMILES string of the molecule is CC1CCC(O)(CNS(=O)(=O)c2ccc(F)cc2N)CC1. The Balaban J connectivity index is 2.08. The first-order chi connectivity index (χ1) is 9.72. The van der Waals surface area contributed by atoms with Crippen LogP contribution in [-0.4, -0.2) is 25.7 Å². The van der Waals surface area contributed by atoms with Crippen molar-refractivity contribution in [2.24, 2.45) is 5.92 Å². The fourth-order valence-electron chi connectivity index (χ4n) is 2.55. The van der Waals surface area contributed by atoms with Crippen LogP contribution in [0.25, 0.3) is 0 Å². The van der Waals surface area contributed by atoms with Gasteiger partial charge in [0.15, 0.2) is 0 Å². The van der Waals surface area contributed by atoms with Gasteiger partial charge in [-0.25, -0.2) is 17.5 Å². The van der Waals surface area contributed by atoms with Crippen molar-refractivity contribution >= 4 is 15.7 Å². The van der Waals surface area contributed by atoms with E-state index < -0.39 is 21.4 Å². The molecule has 2 rings (SSSR count). The highest BCUT2D eigenvalue weighted by atomic mass is 32.2. The maximum atomic E-state index is 13.0. The smallest absolute Gasteiger partial charge is 0.242 e. The number of benzene rings is 1. The second kappa shape index (κ2) is 5.90. The Kier molecular flexibility index (Phi) is 4.55. The molecule has 4 N–H and O–H groups in total. The molecule has 0 bridgehead atoms. The molecule has 7 heteroatoms. The second-order valence-electron chi connectivity index (χ2n) is 5.91. The maximum absolute atomic E-state index is 13.0. The minimum Gasteiger partial charge on any atom is -0.398 e. The van der Waals surface area contributed by atoms with Gasteiger partial charge in [-0.3, -0.25) is 0 Å². The van der Waals surface area contributed by atoms with Crippen LogP contribution < -0.4 is 10.5 Å². The lowest BCUT2D eigenvalue weighted by Crippen LogP contribution is -2.45. The average Bonchev–Trinajstić information content (AvgIpc) is 2.40. The summed E-state index contributed by atoms with van der Waals surface area (Å²) in [5.74, 6) is -0.0408. The lowest BCUT2D eigenvalue weighted by molar-refractivity contribution is -0.00182. The van der Waals surface area contributed by atoms with E-state index in [1.54, 1.807) is 0 Å². The Morgan fingerprint density at radius 2 is 2.05 bits per heavy atom. The number of halogens is 1. The van der Waals surface area contributed by atoms with Crippen molar-refractivity contribution in [2.75, 3.05) is 12.3 Å². The van der Waals surface area contributed by atoms with Gasteiger partial charge in [0.05, 0.1) is 11.3 Å². The van der Waals surface area contributed by atoms with Crippen molar-refractivity contribution in [1.82, 2.24) is 4.72 Å². The number of nitrogens with two attached hydrogens (primary N) is 1. The van der Waals surface area contributed by atoms with Gasteiger partial charge in [-0.2, -0.15) is 0 Å². The van der Waals surface area contributed by atoms with Crippen LogP contribution in [0, 0.1) is 11.7 Å². The average molecular weight is 316 g/mol. The van der Waals surface area contributed by atoms with Crippen LogP contribution in [0.15, 0.2) is 23.1 Å². The van der Waals surface area contributed by atoms with Crippen LogP contribution in [0.1, 0.15) is 32.6 Å². The van der Waals surface area contributed by atoms with E-state index in [2.05, 4.69) is 11.6 Å². The Hall–Kier alpha value is -1.18. The number of aliphatic hydroxyl groups is 1. The zero-order valence-corrected chi connectivity index (χ0v) is 12.8. The summed E-state index contributed by atoms with van der Waals surface area (Å²) in [6, 6.07) is 3.13. The molecule has 0 unspecified atom stereocenters. The van der Waals surface area contributed by atoms with Crippen LogP contribution in [0.5, 0.6) is 0 Å². The number of hydrogen-bond donors (Lipinski definition) is 3. The third-order valence-electron chi connectivity index (χ3n) is 4.06. The van der Waals surface area contributed by atoms with E-state index in [0.29, 0.717) is 18.8 Å². The van der Waals surface area contributed by atoms with E-state index in [9.17, 15) is 17.9 Å². The minimum absolute atomic E-state index is 0.0567. The van der Waals surface area contributed by atoms with E-state index >= 15 is 0 Å². The molecule has 0 amide bonds. The van der Waals surface area contributed by atoms with Gasteiger partial charge in [0.2, 0.25) is 10.0 Å². The predicted molar refractivity (Wildman–Crippen MR) is 78.6 cm³/mol. The van der Waals surface area contributed by atoms with Gasteiger partial charge < -0.3 is 10.8 Å². The molecule has 1 fully saturated rings. The number of nitrogen functional groups attached to an aromatic ring is 1. The first kappa shape index (κ1) is 16.2. The summed E-state index contributed by atoms with van der Waals surface area (Å²) in [6.07, 6.45) is 2.87. The molecule has 1 saturated carbocycles. The molecule has 0 heterocycles. The van der Waals surface area contributed by atoms with Crippen LogP contribution in [-0.2, 0) is 10.0 Å². The van der Waals surface area contributed by atoms with Crippen LogP contribution in [0.4, 0.5) is 10.1 Å². The number of nitrogens with one attached hydrogen (secondary N) is 1. The maximum Gasteiger partial charge on any atom is 0.242 e. The minimum atomic E-state index is -3.86. The molecular weight excluding hydrogens is 295 g/mol. The first-order valence-electron chi connectivity index (χ1n) is 6.99. The number of hydrogen-bond acceptors (Lipinski definition) is 4. The molecule has 1 aromatic rings. The molecule has 0 aliphatic heterocycles. The molecule has 0 spiro atoms. The highest BCUT2D eigenvalue weighted by molar-refractivity contribution is 7.89. The summed E-state index contributed by atoms with van der Waals surface area (Å²) in [4.78, 5) is -0.170. The van der Waals surface area contributed by atoms with E-state index in [-0.39, 0.29) is 17.1 Å². The van der Waals surface area contributed by atoms with Gasteiger partial charge in [-0.1, -0.05) is 6.92 Å². The van der Waals surface area contributed by atoms with Crippen LogP contribution in [0.3, 0.4) is 0 Å². The number of anilines is 1. The van der Waals surface area contributed by atoms with Crippen molar-refractivity contribution in [3.8, 4) is 0 Å². The van der Waals surface area contributed by atoms with Crippen molar-refractivity contribution in [2.45, 2.75) is 43.1 Å². The first-order valence-corrected chi connectivity index (χ1v) is 8.47. The number of sulfonamides is 1. The molecule has 1 aliphatic rings. The van der Waals surface area contributed by atoms with Crippen molar-refractivity contribution in [3.63, 3.8) is 0 Å². The summed E-state index contributed by atoms with van der Waals surface area (Å²) >= 11 is 0. The standard InChI is InChI=1S/C14H21FN2O3S/c1-10-4-6-14(18,7-5-10)9-17-21(19,20)13-3-2-11(15)8-12(13)16/h2-3,8,10,17-18H,4-7,9,16H2,1H3. The fraction of sp³-hybridized carbons (Fsp3) is 0.571. The van der Waals surface area contributed by atoms with E-state index in [0.717, 1.165) is 31.0 Å². The third kappa shape index (κ3) is 3.93. The Morgan fingerprint density at radius 1 is 1.43 bits per heavy atom. The molecule has 0 saturated heterocycles. The quantitative estimate of drug-likeness (QED) is 0.736. The van der Waals surface area contributed by atoms with Crippen molar-refractivity contribution in [3.05, 3.63) is 24.0 Å². The van der Waals surface area contributed by atoms with Gasteiger partial charge in [-0.15, -0.1) is 0 Å². The summed E-state index contributed by atoms with van der Waals surface area (Å²) in [6.45, 7) is 2.06. The van der Waals surface area contributed by atoms with E-state index in [1.165, 1.54) is 0 Å². The molecule has 0 radical (unpaired) electrons. The lowest BCUT2D eigenvalue weighted by atomic mass is 9.80. The number of rotatable bonds is 4. The molecule has 5 nitrogen and oxygen atoms in total. The molecule has 0 aromatic heterocycles. The van der Waals surface area contributed by atoms with E-state index in [1.807, 2.05) is 0 Å². The molecular formula is C14H21FN2O3S. The van der Waals surface area contributed by atoms with Gasteiger partial charge in [-0.05, 0) is 49.8 Å². The summed E-state index contributed by atoms with van der Waals surface area (Å²) < 4.78 is 39.7. The monoisotopic (exact) mass is 316 g/mol. The highest BCUT2D eigenvalue weighted by Crippen LogP contribution is 2.31.